The number of nitrogens with zero attached hydrogens (tertiary/aromatic N) is 3. The first kappa shape index (κ1) is 18.6. The second kappa shape index (κ2) is 6.50. The number of aromatic amines is 1. The van der Waals surface area contributed by atoms with Crippen LogP contribution in [0.2, 0.25) is 0 Å². The Morgan fingerprint density at radius 1 is 1.23 bits per heavy atom. The normalized spacial score (nSPS) is 15.8. The monoisotopic (exact) mass is 366 g/mol. The van der Waals surface area contributed by atoms with Crippen LogP contribution < -0.4 is 5.56 Å². The summed E-state index contributed by atoms with van der Waals surface area (Å²) in [5.41, 5.74) is 0.865. The summed E-state index contributed by atoms with van der Waals surface area (Å²) in [6, 6.07) is 2.44. The summed E-state index contributed by atoms with van der Waals surface area (Å²) in [7, 11) is 0. The predicted octanol–water partition coefficient (Wildman–Crippen LogP) is 3.04. The van der Waals surface area contributed by atoms with Crippen LogP contribution in [0, 0.1) is 0 Å². The Morgan fingerprint density at radius 3 is 2.54 bits per heavy atom. The van der Waals surface area contributed by atoms with Gasteiger partial charge in [0.05, 0.1) is 5.69 Å². The van der Waals surface area contributed by atoms with Crippen molar-refractivity contribution in [1.82, 2.24) is 19.9 Å². The Balaban J connectivity index is 1.78. The van der Waals surface area contributed by atoms with Crippen LogP contribution in [0.5, 0.6) is 0 Å². The first-order chi connectivity index (χ1) is 12.0. The van der Waals surface area contributed by atoms with Crippen LogP contribution in [0.1, 0.15) is 49.1 Å². The number of nitrogens with one attached hydrogen (secondary N) is 1. The highest BCUT2D eigenvalue weighted by molar-refractivity contribution is 5.23. The van der Waals surface area contributed by atoms with Crippen LogP contribution in [-0.2, 0) is 31.1 Å². The summed E-state index contributed by atoms with van der Waals surface area (Å²) in [6.45, 7) is 7.53. The van der Waals surface area contributed by atoms with Gasteiger partial charge in [0.25, 0.3) is 5.56 Å². The lowest BCUT2D eigenvalue weighted by Gasteiger charge is -2.29. The van der Waals surface area contributed by atoms with E-state index in [0.29, 0.717) is 43.0 Å². The molecule has 3 heterocycles. The largest absolute Gasteiger partial charge is 0.433 e. The third-order valence-corrected chi connectivity index (χ3v) is 4.38. The van der Waals surface area contributed by atoms with Crippen molar-refractivity contribution in [3.8, 4) is 0 Å². The minimum Gasteiger partial charge on any atom is -0.310 e. The molecule has 0 amide bonds. The average Bonchev–Trinajstić information content (AvgIpc) is 2.53. The van der Waals surface area contributed by atoms with E-state index in [-0.39, 0.29) is 11.0 Å². The molecule has 0 aromatic carbocycles. The zero-order chi connectivity index (χ0) is 19.1. The quantitative estimate of drug-likeness (QED) is 0.888. The first-order valence-corrected chi connectivity index (χ1v) is 8.41. The number of rotatable bonds is 2. The van der Waals surface area contributed by atoms with E-state index in [2.05, 4.69) is 19.9 Å². The Labute approximate surface area is 149 Å². The summed E-state index contributed by atoms with van der Waals surface area (Å²) in [4.78, 5) is 25.3. The fourth-order valence-corrected chi connectivity index (χ4v) is 2.93. The molecule has 1 N–H and O–H groups in total. The Bertz CT molecular complexity index is 851. The molecule has 8 heteroatoms. The lowest BCUT2D eigenvalue weighted by Crippen LogP contribution is -2.36. The van der Waals surface area contributed by atoms with Gasteiger partial charge in [-0.3, -0.25) is 14.7 Å². The summed E-state index contributed by atoms with van der Waals surface area (Å²) in [5.74, 6) is 0.638. The molecule has 2 aromatic rings. The standard InChI is InChI=1S/C18H21F3N4O/c1-17(2,3)16-23-13-10-25(7-6-12(13)15(26)24-16)9-11-4-5-14(22-8-11)18(19,20)21/h4-5,8H,6-7,9-10H2,1-3H3,(H,23,24,26). The lowest BCUT2D eigenvalue weighted by molar-refractivity contribution is -0.141. The van der Waals surface area contributed by atoms with Crippen molar-refractivity contribution >= 4 is 0 Å². The smallest absolute Gasteiger partial charge is 0.310 e. The van der Waals surface area contributed by atoms with Gasteiger partial charge < -0.3 is 4.98 Å². The van der Waals surface area contributed by atoms with Gasteiger partial charge in [0.15, 0.2) is 0 Å². The summed E-state index contributed by atoms with van der Waals surface area (Å²) >= 11 is 0. The van der Waals surface area contributed by atoms with Crippen LogP contribution in [0.15, 0.2) is 23.1 Å². The van der Waals surface area contributed by atoms with Crippen LogP contribution in [0.25, 0.3) is 0 Å². The van der Waals surface area contributed by atoms with Crippen molar-refractivity contribution in [3.05, 3.63) is 57.0 Å². The van der Waals surface area contributed by atoms with E-state index in [0.717, 1.165) is 11.8 Å². The van der Waals surface area contributed by atoms with Gasteiger partial charge in [-0.25, -0.2) is 4.98 Å². The molecule has 5 nitrogen and oxygen atoms in total. The third-order valence-electron chi connectivity index (χ3n) is 4.38. The van der Waals surface area contributed by atoms with Crippen LogP contribution in [0.4, 0.5) is 13.2 Å². The molecule has 140 valence electrons. The van der Waals surface area contributed by atoms with Crippen LogP contribution >= 0.6 is 0 Å². The third kappa shape index (κ3) is 3.95. The van der Waals surface area contributed by atoms with Crippen molar-refractivity contribution in [1.29, 1.82) is 0 Å². The molecule has 0 atom stereocenters. The molecule has 0 saturated carbocycles. The maximum Gasteiger partial charge on any atom is 0.433 e. The molecule has 0 bridgehead atoms. The molecule has 0 fully saturated rings. The molecular weight excluding hydrogens is 345 g/mol. The zero-order valence-electron chi connectivity index (χ0n) is 14.9. The molecule has 0 saturated heterocycles. The molecule has 0 radical (unpaired) electrons. The van der Waals surface area contributed by atoms with Gasteiger partial charge >= 0.3 is 6.18 Å². The van der Waals surface area contributed by atoms with E-state index >= 15 is 0 Å². The van der Waals surface area contributed by atoms with E-state index in [9.17, 15) is 18.0 Å². The summed E-state index contributed by atoms with van der Waals surface area (Å²) < 4.78 is 37.8. The van der Waals surface area contributed by atoms with E-state index < -0.39 is 11.9 Å². The number of alkyl halides is 3. The van der Waals surface area contributed by atoms with Crippen LogP contribution in [0.3, 0.4) is 0 Å². The SMILES string of the molecule is CC(C)(C)c1nc2c(c(=O)[nH]1)CCN(Cc1ccc(C(F)(F)F)nc1)C2. The van der Waals surface area contributed by atoms with Gasteiger partial charge in [0.1, 0.15) is 11.5 Å². The second-order valence-electron chi connectivity index (χ2n) is 7.60. The molecule has 3 rings (SSSR count). The highest BCUT2D eigenvalue weighted by atomic mass is 19.4. The van der Waals surface area contributed by atoms with Gasteiger partial charge in [-0.05, 0) is 18.1 Å². The highest BCUT2D eigenvalue weighted by Gasteiger charge is 2.32. The van der Waals surface area contributed by atoms with Gasteiger partial charge in [-0.2, -0.15) is 13.2 Å². The lowest BCUT2D eigenvalue weighted by atomic mass is 9.95. The molecule has 1 aliphatic rings. The highest BCUT2D eigenvalue weighted by Crippen LogP contribution is 2.27. The van der Waals surface area contributed by atoms with E-state index in [1.54, 1.807) is 0 Å². The van der Waals surface area contributed by atoms with E-state index in [1.807, 2.05) is 20.8 Å². The summed E-state index contributed by atoms with van der Waals surface area (Å²) in [6.07, 6.45) is -2.61. The number of hydrogen-bond donors (Lipinski definition) is 1. The average molecular weight is 366 g/mol. The number of halogens is 3. The second-order valence-corrected chi connectivity index (χ2v) is 7.60. The molecular formula is C18H21F3N4O. The molecule has 0 spiro atoms. The van der Waals surface area contributed by atoms with Crippen molar-refractivity contribution in [2.45, 2.75) is 51.9 Å². The molecule has 2 aromatic heterocycles. The number of pyridine rings is 1. The summed E-state index contributed by atoms with van der Waals surface area (Å²) in [5, 5.41) is 0. The van der Waals surface area contributed by atoms with Crippen molar-refractivity contribution in [3.63, 3.8) is 0 Å². The minimum absolute atomic E-state index is 0.101. The molecule has 0 aliphatic carbocycles. The zero-order valence-corrected chi connectivity index (χ0v) is 14.9. The van der Waals surface area contributed by atoms with E-state index in [4.69, 9.17) is 0 Å². The fraction of sp³-hybridized carbons (Fsp3) is 0.500. The van der Waals surface area contributed by atoms with Gasteiger partial charge in [-0.15, -0.1) is 0 Å². The number of aromatic nitrogens is 3. The predicted molar refractivity (Wildman–Crippen MR) is 90.6 cm³/mol. The maximum absolute atomic E-state index is 12.6. The number of hydrogen-bond acceptors (Lipinski definition) is 4. The Hall–Kier alpha value is -2.22. The molecule has 26 heavy (non-hydrogen) atoms. The van der Waals surface area contributed by atoms with Crippen LogP contribution in [-0.4, -0.2) is 26.4 Å². The van der Waals surface area contributed by atoms with E-state index in [1.165, 1.54) is 12.3 Å². The van der Waals surface area contributed by atoms with Gasteiger partial charge in [0.2, 0.25) is 0 Å². The minimum atomic E-state index is -4.43. The van der Waals surface area contributed by atoms with Crippen molar-refractivity contribution in [2.75, 3.05) is 6.54 Å². The maximum atomic E-state index is 12.6. The number of H-pyrrole nitrogens is 1. The van der Waals surface area contributed by atoms with Crippen molar-refractivity contribution in [2.24, 2.45) is 0 Å². The number of fused-ring (bicyclic) bond motifs is 1. The fourth-order valence-electron chi connectivity index (χ4n) is 2.93. The Kier molecular flexibility index (Phi) is 4.64. The molecule has 0 unspecified atom stereocenters. The van der Waals surface area contributed by atoms with Gasteiger partial charge in [-0.1, -0.05) is 26.8 Å². The van der Waals surface area contributed by atoms with Gasteiger partial charge in [0, 0.05) is 36.8 Å². The first-order valence-electron chi connectivity index (χ1n) is 8.41. The molecule has 1 aliphatic heterocycles. The van der Waals surface area contributed by atoms with Crippen molar-refractivity contribution < 1.29 is 13.2 Å². The Morgan fingerprint density at radius 2 is 1.96 bits per heavy atom. The topological polar surface area (TPSA) is 61.9 Å².